The van der Waals surface area contributed by atoms with Crippen molar-refractivity contribution in [1.29, 1.82) is 0 Å². The molecule has 2 aromatic carbocycles. The van der Waals surface area contributed by atoms with Crippen LogP contribution in [-0.4, -0.2) is 17.9 Å². The molecule has 1 aliphatic carbocycles. The summed E-state index contributed by atoms with van der Waals surface area (Å²) in [5, 5.41) is 5.77. The van der Waals surface area contributed by atoms with Gasteiger partial charge in [0.1, 0.15) is 17.3 Å². The van der Waals surface area contributed by atoms with E-state index in [-0.39, 0.29) is 11.7 Å². The summed E-state index contributed by atoms with van der Waals surface area (Å²) in [7, 11) is 0. The molecule has 5 rings (SSSR count). The van der Waals surface area contributed by atoms with Crippen LogP contribution in [-0.2, 0) is 9.59 Å². The van der Waals surface area contributed by atoms with E-state index >= 15 is 0 Å². The van der Waals surface area contributed by atoms with Crippen molar-refractivity contribution in [1.82, 2.24) is 5.32 Å². The number of dihydropyridines is 1. The lowest BCUT2D eigenvalue weighted by atomic mass is 9.72. The molecular formula is C29H26F2N2O2S2. The van der Waals surface area contributed by atoms with Crippen LogP contribution in [0.2, 0.25) is 0 Å². The molecule has 1 aliphatic heterocycles. The zero-order valence-corrected chi connectivity index (χ0v) is 22.3. The van der Waals surface area contributed by atoms with Crippen molar-refractivity contribution in [2.45, 2.75) is 42.7 Å². The molecule has 0 spiro atoms. The first-order valence-electron chi connectivity index (χ1n) is 12.0. The monoisotopic (exact) mass is 536 g/mol. The predicted octanol–water partition coefficient (Wildman–Crippen LogP) is 7.06. The zero-order valence-electron chi connectivity index (χ0n) is 20.7. The molecule has 190 valence electrons. The van der Waals surface area contributed by atoms with E-state index in [9.17, 15) is 18.4 Å². The van der Waals surface area contributed by atoms with Gasteiger partial charge in [-0.1, -0.05) is 36.4 Å². The van der Waals surface area contributed by atoms with Crippen molar-refractivity contribution >= 4 is 40.5 Å². The smallest absolute Gasteiger partial charge is 0.254 e. The second-order valence-electron chi connectivity index (χ2n) is 9.28. The van der Waals surface area contributed by atoms with Gasteiger partial charge in [0.25, 0.3) is 5.91 Å². The lowest BCUT2D eigenvalue weighted by Gasteiger charge is -2.37. The maximum absolute atomic E-state index is 14.4. The quantitative estimate of drug-likeness (QED) is 0.343. The molecule has 4 nitrogen and oxygen atoms in total. The highest BCUT2D eigenvalue weighted by Crippen LogP contribution is 2.49. The maximum Gasteiger partial charge on any atom is 0.254 e. The molecule has 0 radical (unpaired) electrons. The van der Waals surface area contributed by atoms with Gasteiger partial charge in [-0.3, -0.25) is 9.59 Å². The van der Waals surface area contributed by atoms with Crippen LogP contribution in [0.25, 0.3) is 0 Å². The van der Waals surface area contributed by atoms with Gasteiger partial charge in [-0.15, -0.1) is 23.1 Å². The molecule has 0 saturated heterocycles. The number of carbonyl (C=O) groups is 2. The molecule has 8 heteroatoms. The first kappa shape index (κ1) is 25.4. The number of anilines is 1. The Morgan fingerprint density at radius 3 is 2.43 bits per heavy atom. The Kier molecular flexibility index (Phi) is 7.05. The number of hydrogen-bond donors (Lipinski definition) is 2. The fourth-order valence-corrected chi connectivity index (χ4v) is 7.20. The van der Waals surface area contributed by atoms with Gasteiger partial charge in [0, 0.05) is 39.8 Å². The van der Waals surface area contributed by atoms with Gasteiger partial charge in [0.15, 0.2) is 5.78 Å². The number of nitrogens with one attached hydrogen (secondary N) is 2. The molecule has 2 heterocycles. The van der Waals surface area contributed by atoms with E-state index in [0.717, 1.165) is 38.0 Å². The molecule has 37 heavy (non-hydrogen) atoms. The van der Waals surface area contributed by atoms with Crippen LogP contribution in [0.3, 0.4) is 0 Å². The fourth-order valence-electron chi connectivity index (χ4n) is 5.28. The SMILES string of the molecule is CSc1sc(C)cc1[C@H]1C(C(=O)Nc2c(F)cccc2F)=C(C)NC2=C1C(=O)C[C@H](c1ccccc1)C2. The molecule has 0 fully saturated rings. The van der Waals surface area contributed by atoms with Crippen LogP contribution in [0.15, 0.2) is 81.3 Å². The van der Waals surface area contributed by atoms with Gasteiger partial charge in [0.2, 0.25) is 0 Å². The van der Waals surface area contributed by atoms with E-state index in [1.165, 1.54) is 6.07 Å². The molecule has 0 bridgehead atoms. The van der Waals surface area contributed by atoms with Crippen molar-refractivity contribution in [3.63, 3.8) is 0 Å². The van der Waals surface area contributed by atoms with Gasteiger partial charge in [-0.05, 0) is 61.8 Å². The molecule has 3 aromatic rings. The van der Waals surface area contributed by atoms with E-state index in [0.29, 0.717) is 29.7 Å². The van der Waals surface area contributed by atoms with Crippen molar-refractivity contribution in [3.05, 3.63) is 105 Å². The Hall–Kier alpha value is -3.23. The number of rotatable bonds is 5. The Balaban J connectivity index is 1.61. The molecule has 1 aromatic heterocycles. The molecule has 0 saturated carbocycles. The van der Waals surface area contributed by atoms with E-state index in [2.05, 4.69) is 10.6 Å². The minimum Gasteiger partial charge on any atom is -0.362 e. The lowest BCUT2D eigenvalue weighted by Crippen LogP contribution is -2.37. The number of halogens is 2. The van der Waals surface area contributed by atoms with Crippen LogP contribution < -0.4 is 10.6 Å². The summed E-state index contributed by atoms with van der Waals surface area (Å²) in [5.74, 6) is -2.99. The van der Waals surface area contributed by atoms with Crippen molar-refractivity contribution in [2.24, 2.45) is 0 Å². The highest BCUT2D eigenvalue weighted by molar-refractivity contribution is 8.00. The van der Waals surface area contributed by atoms with Gasteiger partial charge in [0.05, 0.1) is 4.21 Å². The second kappa shape index (κ2) is 10.3. The minimum atomic E-state index is -0.859. The summed E-state index contributed by atoms with van der Waals surface area (Å²) in [6.45, 7) is 3.77. The number of benzene rings is 2. The van der Waals surface area contributed by atoms with Gasteiger partial charge >= 0.3 is 0 Å². The normalized spacial score (nSPS) is 19.5. The Bertz CT molecular complexity index is 1440. The third kappa shape index (κ3) is 4.76. The largest absolute Gasteiger partial charge is 0.362 e. The number of thiophene rings is 1. The number of thioether (sulfide) groups is 1. The van der Waals surface area contributed by atoms with Crippen molar-refractivity contribution in [2.75, 3.05) is 11.6 Å². The molecule has 2 N–H and O–H groups in total. The molecule has 0 unspecified atom stereocenters. The van der Waals surface area contributed by atoms with E-state index < -0.39 is 29.1 Å². The summed E-state index contributed by atoms with van der Waals surface area (Å²) in [6, 6.07) is 15.4. The average Bonchev–Trinajstić information content (AvgIpc) is 3.26. The summed E-state index contributed by atoms with van der Waals surface area (Å²) in [5.41, 5.74) is 3.68. The van der Waals surface area contributed by atoms with E-state index in [1.807, 2.05) is 49.6 Å². The Morgan fingerprint density at radius 1 is 1.05 bits per heavy atom. The summed E-state index contributed by atoms with van der Waals surface area (Å²) >= 11 is 3.17. The van der Waals surface area contributed by atoms with Crippen LogP contribution in [0.5, 0.6) is 0 Å². The summed E-state index contributed by atoms with van der Waals surface area (Å²) in [6.07, 6.45) is 2.92. The van der Waals surface area contributed by atoms with Crippen molar-refractivity contribution < 1.29 is 18.4 Å². The highest BCUT2D eigenvalue weighted by Gasteiger charge is 2.42. The van der Waals surface area contributed by atoms with E-state index in [4.69, 9.17) is 0 Å². The number of para-hydroxylation sites is 1. The second-order valence-corrected chi connectivity index (χ2v) is 11.6. The molecular weight excluding hydrogens is 510 g/mol. The van der Waals surface area contributed by atoms with Gasteiger partial charge in [-0.25, -0.2) is 8.78 Å². The first-order chi connectivity index (χ1) is 17.8. The molecule has 2 aliphatic rings. The van der Waals surface area contributed by atoms with Gasteiger partial charge in [-0.2, -0.15) is 0 Å². The Labute approximate surface area is 222 Å². The fraction of sp³-hybridized carbons (Fsp3) is 0.241. The van der Waals surface area contributed by atoms with Crippen molar-refractivity contribution in [3.8, 4) is 0 Å². The average molecular weight is 537 g/mol. The topological polar surface area (TPSA) is 58.2 Å². The number of ketones is 1. The number of Topliss-reactive ketones (excluding diaryl/α,β-unsaturated/α-hetero) is 1. The molecule has 2 atom stereocenters. The lowest BCUT2D eigenvalue weighted by molar-refractivity contribution is -0.116. The van der Waals surface area contributed by atoms with Gasteiger partial charge < -0.3 is 10.6 Å². The van der Waals surface area contributed by atoms with Crippen LogP contribution in [0, 0.1) is 18.6 Å². The standard InChI is InChI=1S/C29H26F2N2O2S2/c1-15-12-19(29(36-3)37-15)25-24(28(35)33-27-20(30)10-7-11-21(27)31)16(2)32-22-13-18(14-23(34)26(22)25)17-8-5-4-6-9-17/h4-12,18,25,32H,13-14H2,1-3H3,(H,33,35)/t18-,25+/m1/s1. The number of allylic oxidation sites excluding steroid dienone is 3. The zero-order chi connectivity index (χ0) is 26.3. The number of carbonyl (C=O) groups excluding carboxylic acids is 2. The van der Waals surface area contributed by atoms with Crippen LogP contribution in [0.1, 0.15) is 47.6 Å². The summed E-state index contributed by atoms with van der Waals surface area (Å²) < 4.78 is 29.8. The predicted molar refractivity (Wildman–Crippen MR) is 145 cm³/mol. The molecule has 1 amide bonds. The summed E-state index contributed by atoms with van der Waals surface area (Å²) in [4.78, 5) is 28.5. The van der Waals surface area contributed by atoms with Crippen LogP contribution >= 0.6 is 23.1 Å². The third-order valence-electron chi connectivity index (χ3n) is 6.89. The highest BCUT2D eigenvalue weighted by atomic mass is 32.2. The maximum atomic E-state index is 14.4. The number of hydrogen-bond acceptors (Lipinski definition) is 5. The number of aryl methyl sites for hydroxylation is 1. The first-order valence-corrected chi connectivity index (χ1v) is 14.0. The number of amides is 1. The van der Waals surface area contributed by atoms with E-state index in [1.54, 1.807) is 30.0 Å². The third-order valence-corrected chi connectivity index (χ3v) is 9.11. The van der Waals surface area contributed by atoms with Crippen LogP contribution in [0.4, 0.5) is 14.5 Å². The minimum absolute atomic E-state index is 0.0283. The Morgan fingerprint density at radius 2 is 1.76 bits per heavy atom.